The Labute approximate surface area is 197 Å². The number of alkyl halides is 1. The topological polar surface area (TPSA) is 82.7 Å². The molecule has 0 radical (unpaired) electrons. The molecule has 0 spiro atoms. The third-order valence-corrected chi connectivity index (χ3v) is 7.71. The number of aromatic hydroxyl groups is 1. The molecular formula is C26H29FN4O3. The van der Waals surface area contributed by atoms with Crippen molar-refractivity contribution in [2.45, 2.75) is 56.8 Å². The molecule has 3 saturated carbocycles. The Kier molecular flexibility index (Phi) is 5.00. The average Bonchev–Trinajstić information content (AvgIpc) is 3.44. The smallest absolute Gasteiger partial charge is 0.289 e. The van der Waals surface area contributed by atoms with Gasteiger partial charge in [0.2, 0.25) is 0 Å². The molecule has 2 aromatic heterocycles. The minimum Gasteiger partial charge on any atom is -0.507 e. The zero-order valence-corrected chi connectivity index (χ0v) is 19.4. The van der Waals surface area contributed by atoms with Gasteiger partial charge in [-0.25, -0.2) is 4.39 Å². The summed E-state index contributed by atoms with van der Waals surface area (Å²) in [6.45, 7) is 0. The molecule has 4 atom stereocenters. The number of anilines is 1. The highest BCUT2D eigenvalue weighted by atomic mass is 19.1. The van der Waals surface area contributed by atoms with Gasteiger partial charge in [0.1, 0.15) is 17.5 Å². The first-order chi connectivity index (χ1) is 16.4. The summed E-state index contributed by atoms with van der Waals surface area (Å²) in [5.74, 6) is 1.50. The van der Waals surface area contributed by atoms with Crippen molar-refractivity contribution >= 4 is 22.7 Å². The van der Waals surface area contributed by atoms with E-state index >= 15 is 4.39 Å². The molecule has 3 fully saturated rings. The van der Waals surface area contributed by atoms with E-state index in [-0.39, 0.29) is 29.4 Å². The second-order valence-electron chi connectivity index (χ2n) is 10.3. The van der Waals surface area contributed by atoms with Gasteiger partial charge in [0.05, 0.1) is 11.7 Å². The summed E-state index contributed by atoms with van der Waals surface area (Å²) in [5.41, 5.74) is 1.46. The molecule has 34 heavy (non-hydrogen) atoms. The van der Waals surface area contributed by atoms with Gasteiger partial charge in [0, 0.05) is 31.1 Å². The summed E-state index contributed by atoms with van der Waals surface area (Å²) in [7, 11) is 3.31. The number of nitrogens with zero attached hydrogens (tertiary/aromatic N) is 4. The number of fused-ring (bicyclic) bond motifs is 3. The van der Waals surface area contributed by atoms with Crippen molar-refractivity contribution in [1.29, 1.82) is 0 Å². The van der Waals surface area contributed by atoms with E-state index in [0.29, 0.717) is 40.0 Å². The van der Waals surface area contributed by atoms with Crippen LogP contribution in [0, 0.1) is 11.8 Å². The molecule has 2 bridgehead atoms. The molecule has 1 N–H and O–H groups in total. The lowest BCUT2D eigenvalue weighted by Crippen LogP contribution is -2.49. The third kappa shape index (κ3) is 3.60. The molecule has 3 aliphatic rings. The van der Waals surface area contributed by atoms with Crippen LogP contribution in [0.5, 0.6) is 5.75 Å². The van der Waals surface area contributed by atoms with E-state index in [9.17, 15) is 9.90 Å². The van der Waals surface area contributed by atoms with E-state index in [4.69, 9.17) is 4.42 Å². The molecule has 7 nitrogen and oxygen atoms in total. The minimum atomic E-state index is -0.815. The van der Waals surface area contributed by atoms with Crippen LogP contribution in [-0.4, -0.2) is 58.5 Å². The molecule has 3 aliphatic carbocycles. The number of phenolic OH excluding ortho intramolecular Hbond substituents is 1. The van der Waals surface area contributed by atoms with Gasteiger partial charge < -0.3 is 19.3 Å². The molecule has 0 saturated heterocycles. The predicted molar refractivity (Wildman–Crippen MR) is 127 cm³/mol. The highest BCUT2D eigenvalue weighted by molar-refractivity contribution is 5.97. The van der Waals surface area contributed by atoms with Crippen molar-refractivity contribution in [3.8, 4) is 17.0 Å². The average molecular weight is 465 g/mol. The molecule has 8 heteroatoms. The first-order valence-corrected chi connectivity index (χ1v) is 12.1. The van der Waals surface area contributed by atoms with Gasteiger partial charge >= 0.3 is 0 Å². The number of benzene rings is 1. The largest absolute Gasteiger partial charge is 0.507 e. The molecule has 6 rings (SSSR count). The molecule has 0 unspecified atom stereocenters. The van der Waals surface area contributed by atoms with E-state index in [1.165, 1.54) is 4.90 Å². The van der Waals surface area contributed by atoms with Crippen LogP contribution in [0.3, 0.4) is 0 Å². The van der Waals surface area contributed by atoms with Crippen LogP contribution >= 0.6 is 0 Å². The van der Waals surface area contributed by atoms with E-state index in [1.807, 2.05) is 12.1 Å². The van der Waals surface area contributed by atoms with Crippen LogP contribution in [0.1, 0.15) is 49.1 Å². The summed E-state index contributed by atoms with van der Waals surface area (Å²) in [5, 5.41) is 20.2. The van der Waals surface area contributed by atoms with Gasteiger partial charge in [-0.15, -0.1) is 10.2 Å². The van der Waals surface area contributed by atoms with Crippen molar-refractivity contribution in [1.82, 2.24) is 15.1 Å². The summed E-state index contributed by atoms with van der Waals surface area (Å²) < 4.78 is 21.1. The predicted octanol–water partition coefficient (Wildman–Crippen LogP) is 4.79. The number of furan rings is 1. The molecule has 178 valence electrons. The van der Waals surface area contributed by atoms with Crippen molar-refractivity contribution in [2.24, 2.45) is 11.8 Å². The van der Waals surface area contributed by atoms with E-state index < -0.39 is 6.17 Å². The number of phenols is 1. The molecule has 1 aromatic carbocycles. The number of carbonyl (C=O) groups is 1. The maximum atomic E-state index is 15.4. The van der Waals surface area contributed by atoms with Gasteiger partial charge in [0.25, 0.3) is 5.91 Å². The molecule has 0 aliphatic heterocycles. The van der Waals surface area contributed by atoms with Crippen LogP contribution < -0.4 is 4.90 Å². The number of rotatable bonds is 5. The summed E-state index contributed by atoms with van der Waals surface area (Å²) in [4.78, 5) is 15.8. The van der Waals surface area contributed by atoms with Gasteiger partial charge in [0.15, 0.2) is 11.6 Å². The van der Waals surface area contributed by atoms with E-state index in [1.54, 1.807) is 32.3 Å². The van der Waals surface area contributed by atoms with Crippen LogP contribution in [0.2, 0.25) is 0 Å². The number of carbonyl (C=O) groups excluding carboxylic acids is 1. The second kappa shape index (κ2) is 7.96. The molecule has 2 heterocycles. The fourth-order valence-corrected chi connectivity index (χ4v) is 5.86. The first kappa shape index (κ1) is 21.4. The van der Waals surface area contributed by atoms with Crippen LogP contribution in [0.4, 0.5) is 10.2 Å². The van der Waals surface area contributed by atoms with Gasteiger partial charge in [-0.05, 0) is 80.7 Å². The molecule has 1 amide bonds. The van der Waals surface area contributed by atoms with Crippen molar-refractivity contribution in [3.63, 3.8) is 0 Å². The van der Waals surface area contributed by atoms with Crippen LogP contribution in [-0.2, 0) is 0 Å². The number of hydrogen-bond acceptors (Lipinski definition) is 6. The van der Waals surface area contributed by atoms with Gasteiger partial charge in [-0.1, -0.05) is 0 Å². The number of amides is 1. The van der Waals surface area contributed by atoms with Crippen LogP contribution in [0.25, 0.3) is 22.2 Å². The van der Waals surface area contributed by atoms with Gasteiger partial charge in [-0.3, -0.25) is 4.79 Å². The highest BCUT2D eigenvalue weighted by Gasteiger charge is 2.48. The lowest BCUT2D eigenvalue weighted by molar-refractivity contribution is 0.0799. The fraction of sp³-hybridized carbons (Fsp3) is 0.500. The lowest BCUT2D eigenvalue weighted by atomic mass is 9.83. The quantitative estimate of drug-likeness (QED) is 0.585. The van der Waals surface area contributed by atoms with Gasteiger partial charge in [-0.2, -0.15) is 0 Å². The maximum Gasteiger partial charge on any atom is 0.289 e. The fourth-order valence-electron chi connectivity index (χ4n) is 5.86. The molecule has 3 aromatic rings. The standard InChI is InChI=1S/C26H29FN4O3/c1-30(2)26(33)23-12-16-11-21(32)18(13-22(16)34-23)19-7-8-24(29-28-19)31(17-5-6-17)20-10-14-3-4-15(9-14)25(20)27/h7-8,11-15,17,20,25,32H,3-6,9-10H2,1-2H3/t14-,15+,20+,25-/m0/s1. The summed E-state index contributed by atoms with van der Waals surface area (Å²) in [6, 6.07) is 8.78. The summed E-state index contributed by atoms with van der Waals surface area (Å²) >= 11 is 0. The van der Waals surface area contributed by atoms with E-state index in [2.05, 4.69) is 15.1 Å². The Bertz CT molecular complexity index is 1240. The minimum absolute atomic E-state index is 0.0333. The zero-order valence-electron chi connectivity index (χ0n) is 19.4. The van der Waals surface area contributed by atoms with Crippen molar-refractivity contribution in [3.05, 3.63) is 36.1 Å². The monoisotopic (exact) mass is 464 g/mol. The van der Waals surface area contributed by atoms with E-state index in [0.717, 1.165) is 38.5 Å². The zero-order chi connectivity index (χ0) is 23.6. The Morgan fingerprint density at radius 2 is 1.91 bits per heavy atom. The Morgan fingerprint density at radius 1 is 1.09 bits per heavy atom. The Morgan fingerprint density at radius 3 is 2.62 bits per heavy atom. The Balaban J connectivity index is 1.30. The third-order valence-electron chi connectivity index (χ3n) is 7.71. The van der Waals surface area contributed by atoms with Crippen molar-refractivity contribution in [2.75, 3.05) is 19.0 Å². The first-order valence-electron chi connectivity index (χ1n) is 12.1. The van der Waals surface area contributed by atoms with Crippen molar-refractivity contribution < 1.29 is 18.7 Å². The SMILES string of the molecule is CN(C)C(=O)c1cc2cc(O)c(-c3ccc(N(C4CC4)[C@@H]4C[C@H]5CC[C@H](C5)[C@@H]4F)nn3)cc2o1. The summed E-state index contributed by atoms with van der Waals surface area (Å²) in [6.07, 6.45) is 5.37. The maximum absolute atomic E-state index is 15.4. The normalized spacial score (nSPS) is 26.1. The Hall–Kier alpha value is -3.16. The second-order valence-corrected chi connectivity index (χ2v) is 10.3. The lowest BCUT2D eigenvalue weighted by Gasteiger charge is -2.40. The number of halogens is 1. The highest BCUT2D eigenvalue weighted by Crippen LogP contribution is 2.48. The number of hydrogen-bond donors (Lipinski definition) is 1. The van der Waals surface area contributed by atoms with Crippen LogP contribution in [0.15, 0.2) is 34.7 Å². The number of aromatic nitrogens is 2. The molecular weight excluding hydrogens is 435 g/mol.